The number of hydrogen-bond donors (Lipinski definition) is 2. The highest BCUT2D eigenvalue weighted by atomic mass is 35.5. The van der Waals surface area contributed by atoms with Crippen LogP contribution in [0.4, 0.5) is 17.3 Å². The van der Waals surface area contributed by atoms with Crippen LogP contribution in [-0.4, -0.2) is 17.1 Å². The number of nitrogens with one attached hydrogen (secondary N) is 2. The van der Waals surface area contributed by atoms with Crippen molar-refractivity contribution in [1.29, 1.82) is 0 Å². The molecule has 3 aromatic rings. The maximum Gasteiger partial charge on any atom is 0.136 e. The molecule has 2 N–H and O–H groups in total. The standard InChI is InChI=1S/C19H19ClN4O/c1-13-22-18(21-12-14-6-8-15(20)9-7-14)11-19(23-13)24-16-4-3-5-17(10-16)25-2/h3-11H,12H2,1-2H3,(H2,21,22,23,24). The van der Waals surface area contributed by atoms with Gasteiger partial charge in [-0.2, -0.15) is 0 Å². The van der Waals surface area contributed by atoms with Crippen LogP contribution in [0, 0.1) is 6.92 Å². The molecule has 0 unspecified atom stereocenters. The molecule has 0 aliphatic heterocycles. The molecule has 0 spiro atoms. The molecule has 0 aliphatic carbocycles. The fraction of sp³-hybridized carbons (Fsp3) is 0.158. The molecule has 1 heterocycles. The molecule has 0 atom stereocenters. The maximum atomic E-state index is 5.91. The minimum absolute atomic E-state index is 0.659. The van der Waals surface area contributed by atoms with Gasteiger partial charge >= 0.3 is 0 Å². The van der Waals surface area contributed by atoms with Crippen LogP contribution in [0.1, 0.15) is 11.4 Å². The van der Waals surface area contributed by atoms with E-state index in [0.29, 0.717) is 12.4 Å². The van der Waals surface area contributed by atoms with Gasteiger partial charge in [-0.3, -0.25) is 0 Å². The first kappa shape index (κ1) is 17.0. The number of anilines is 3. The van der Waals surface area contributed by atoms with Gasteiger partial charge in [0.2, 0.25) is 0 Å². The van der Waals surface area contributed by atoms with Gasteiger partial charge in [0.1, 0.15) is 23.2 Å². The Kier molecular flexibility index (Phi) is 5.36. The van der Waals surface area contributed by atoms with E-state index in [2.05, 4.69) is 20.6 Å². The van der Waals surface area contributed by atoms with Crippen molar-refractivity contribution >= 4 is 28.9 Å². The van der Waals surface area contributed by atoms with Crippen molar-refractivity contribution in [2.24, 2.45) is 0 Å². The van der Waals surface area contributed by atoms with Gasteiger partial charge in [-0.1, -0.05) is 29.8 Å². The van der Waals surface area contributed by atoms with Crippen molar-refractivity contribution in [3.05, 3.63) is 71.0 Å². The van der Waals surface area contributed by atoms with Gasteiger partial charge in [0.05, 0.1) is 7.11 Å². The van der Waals surface area contributed by atoms with Crippen LogP contribution >= 0.6 is 11.6 Å². The summed E-state index contributed by atoms with van der Waals surface area (Å²) in [5.41, 5.74) is 2.03. The zero-order valence-electron chi connectivity index (χ0n) is 14.1. The van der Waals surface area contributed by atoms with Crippen LogP contribution < -0.4 is 15.4 Å². The second kappa shape index (κ2) is 7.85. The number of methoxy groups -OCH3 is 1. The second-order valence-electron chi connectivity index (χ2n) is 5.52. The van der Waals surface area contributed by atoms with Gasteiger partial charge in [0.25, 0.3) is 0 Å². The summed E-state index contributed by atoms with van der Waals surface area (Å²) in [4.78, 5) is 8.86. The minimum Gasteiger partial charge on any atom is -0.497 e. The number of aromatic nitrogens is 2. The van der Waals surface area contributed by atoms with Crippen molar-refractivity contribution in [2.45, 2.75) is 13.5 Å². The number of benzene rings is 2. The Hall–Kier alpha value is -2.79. The normalized spacial score (nSPS) is 10.4. The van der Waals surface area contributed by atoms with Gasteiger partial charge in [-0.15, -0.1) is 0 Å². The molecule has 2 aromatic carbocycles. The maximum absolute atomic E-state index is 5.91. The van der Waals surface area contributed by atoms with Crippen LogP contribution in [0.3, 0.4) is 0 Å². The average Bonchev–Trinajstić information content (AvgIpc) is 2.61. The Balaban J connectivity index is 1.72. The first-order valence-corrected chi connectivity index (χ1v) is 8.25. The lowest BCUT2D eigenvalue weighted by molar-refractivity contribution is 0.415. The fourth-order valence-corrected chi connectivity index (χ4v) is 2.49. The van der Waals surface area contributed by atoms with E-state index in [1.54, 1.807) is 7.11 Å². The summed E-state index contributed by atoms with van der Waals surface area (Å²) in [5.74, 6) is 2.95. The first-order chi connectivity index (χ1) is 12.1. The number of aryl methyl sites for hydroxylation is 1. The third-order valence-corrected chi connectivity index (χ3v) is 3.82. The summed E-state index contributed by atoms with van der Waals surface area (Å²) in [6.07, 6.45) is 0. The molecule has 0 saturated heterocycles. The number of hydrogen-bond acceptors (Lipinski definition) is 5. The van der Waals surface area contributed by atoms with Crippen LogP contribution in [0.15, 0.2) is 54.6 Å². The van der Waals surface area contributed by atoms with Crippen LogP contribution in [0.25, 0.3) is 0 Å². The van der Waals surface area contributed by atoms with Crippen molar-refractivity contribution in [1.82, 2.24) is 9.97 Å². The lowest BCUT2D eigenvalue weighted by atomic mass is 10.2. The molecule has 0 amide bonds. The number of halogens is 1. The van der Waals surface area contributed by atoms with E-state index in [4.69, 9.17) is 16.3 Å². The van der Waals surface area contributed by atoms with E-state index < -0.39 is 0 Å². The van der Waals surface area contributed by atoms with E-state index in [9.17, 15) is 0 Å². The molecule has 1 aromatic heterocycles. The highest BCUT2D eigenvalue weighted by molar-refractivity contribution is 6.30. The summed E-state index contributed by atoms with van der Waals surface area (Å²) in [6, 6.07) is 17.3. The molecule has 0 fully saturated rings. The summed E-state index contributed by atoms with van der Waals surface area (Å²) in [7, 11) is 1.65. The number of rotatable bonds is 6. The average molecular weight is 355 g/mol. The largest absolute Gasteiger partial charge is 0.497 e. The van der Waals surface area contributed by atoms with Gasteiger partial charge in [0.15, 0.2) is 0 Å². The summed E-state index contributed by atoms with van der Waals surface area (Å²) >= 11 is 5.91. The molecule has 0 bridgehead atoms. The van der Waals surface area contributed by atoms with Crippen molar-refractivity contribution in [3.63, 3.8) is 0 Å². The van der Waals surface area contributed by atoms with Gasteiger partial charge in [-0.25, -0.2) is 9.97 Å². The Bertz CT molecular complexity index is 852. The Labute approximate surface area is 152 Å². The van der Waals surface area contributed by atoms with Crippen molar-refractivity contribution in [3.8, 4) is 5.75 Å². The fourth-order valence-electron chi connectivity index (χ4n) is 2.37. The molecule has 5 nitrogen and oxygen atoms in total. The Morgan fingerprint density at radius 3 is 2.52 bits per heavy atom. The Morgan fingerprint density at radius 1 is 1.00 bits per heavy atom. The lowest BCUT2D eigenvalue weighted by Gasteiger charge is -2.11. The summed E-state index contributed by atoms with van der Waals surface area (Å²) in [5, 5.41) is 7.32. The zero-order valence-corrected chi connectivity index (χ0v) is 14.8. The van der Waals surface area contributed by atoms with Crippen molar-refractivity contribution < 1.29 is 4.74 Å². The second-order valence-corrected chi connectivity index (χ2v) is 5.96. The molecule has 6 heteroatoms. The smallest absolute Gasteiger partial charge is 0.136 e. The van der Waals surface area contributed by atoms with E-state index in [1.807, 2.05) is 61.5 Å². The molecule has 3 rings (SSSR count). The minimum atomic E-state index is 0.659. The van der Waals surface area contributed by atoms with Crippen LogP contribution in [-0.2, 0) is 6.54 Å². The van der Waals surface area contributed by atoms with Crippen LogP contribution in [0.2, 0.25) is 5.02 Å². The third-order valence-electron chi connectivity index (χ3n) is 3.57. The SMILES string of the molecule is COc1cccc(Nc2cc(NCc3ccc(Cl)cc3)nc(C)n2)c1. The highest BCUT2D eigenvalue weighted by Crippen LogP contribution is 2.22. The quantitative estimate of drug-likeness (QED) is 0.665. The highest BCUT2D eigenvalue weighted by Gasteiger charge is 2.04. The monoisotopic (exact) mass is 354 g/mol. The van der Waals surface area contributed by atoms with Gasteiger partial charge < -0.3 is 15.4 Å². The predicted octanol–water partition coefficient (Wildman–Crippen LogP) is 4.80. The number of nitrogens with zero attached hydrogens (tertiary/aromatic N) is 2. The van der Waals surface area contributed by atoms with Crippen LogP contribution in [0.5, 0.6) is 5.75 Å². The van der Waals surface area contributed by atoms with E-state index in [-0.39, 0.29) is 0 Å². The topological polar surface area (TPSA) is 59.1 Å². The van der Waals surface area contributed by atoms with E-state index >= 15 is 0 Å². The Morgan fingerprint density at radius 2 is 1.76 bits per heavy atom. The molecular weight excluding hydrogens is 336 g/mol. The molecule has 128 valence electrons. The molecule has 0 aliphatic rings. The van der Waals surface area contributed by atoms with Gasteiger partial charge in [0, 0.05) is 29.4 Å². The molecule has 0 radical (unpaired) electrons. The molecule has 25 heavy (non-hydrogen) atoms. The molecule has 0 saturated carbocycles. The number of ether oxygens (including phenoxy) is 1. The first-order valence-electron chi connectivity index (χ1n) is 7.87. The lowest BCUT2D eigenvalue weighted by Crippen LogP contribution is -2.05. The van der Waals surface area contributed by atoms with E-state index in [1.165, 1.54) is 0 Å². The van der Waals surface area contributed by atoms with Gasteiger partial charge in [-0.05, 0) is 36.8 Å². The summed E-state index contributed by atoms with van der Waals surface area (Å²) in [6.45, 7) is 2.52. The molecular formula is C19H19ClN4O. The zero-order chi connectivity index (χ0) is 17.6. The predicted molar refractivity (Wildman–Crippen MR) is 102 cm³/mol. The summed E-state index contributed by atoms with van der Waals surface area (Å²) < 4.78 is 5.24. The third kappa shape index (κ3) is 4.84. The van der Waals surface area contributed by atoms with E-state index in [0.717, 1.165) is 33.7 Å². The van der Waals surface area contributed by atoms with Crippen molar-refractivity contribution in [2.75, 3.05) is 17.7 Å².